The maximum absolute atomic E-state index is 13.9. The number of allylic oxidation sites excluding steroid dienone is 1. The third-order valence-corrected chi connectivity index (χ3v) is 6.17. The Morgan fingerprint density at radius 3 is 2.67 bits per heavy atom. The van der Waals surface area contributed by atoms with Crippen molar-refractivity contribution in [3.05, 3.63) is 86.0 Å². The van der Waals surface area contributed by atoms with Gasteiger partial charge in [0, 0.05) is 5.56 Å². The van der Waals surface area contributed by atoms with Crippen LogP contribution in [0, 0.1) is 34.6 Å². The Bertz CT molecular complexity index is 1380. The van der Waals surface area contributed by atoms with Crippen molar-refractivity contribution >= 4 is 45.3 Å². The van der Waals surface area contributed by atoms with E-state index < -0.39 is 0 Å². The summed E-state index contributed by atoms with van der Waals surface area (Å²) in [5.41, 5.74) is 5.63. The number of aryl methyl sites for hydroxylation is 2. The highest BCUT2D eigenvalue weighted by atomic mass is 127. The van der Waals surface area contributed by atoms with Gasteiger partial charge < -0.3 is 14.5 Å². The van der Waals surface area contributed by atoms with Crippen molar-refractivity contribution in [2.24, 2.45) is 0 Å². The minimum atomic E-state index is -0.319. The van der Waals surface area contributed by atoms with Gasteiger partial charge in [0.1, 0.15) is 24.3 Å². The molecule has 0 fully saturated rings. The molecule has 1 N–H and O–H groups in total. The average molecular weight is 553 g/mol. The summed E-state index contributed by atoms with van der Waals surface area (Å²) in [7, 11) is 1.55. The molecule has 0 aliphatic heterocycles. The summed E-state index contributed by atoms with van der Waals surface area (Å²) in [6.45, 7) is 4.16. The van der Waals surface area contributed by atoms with Crippen LogP contribution >= 0.6 is 22.6 Å². The van der Waals surface area contributed by atoms with Crippen molar-refractivity contribution in [3.63, 3.8) is 0 Å². The molecular weight excluding hydrogens is 532 g/mol. The van der Waals surface area contributed by atoms with Crippen LogP contribution in [0.25, 0.3) is 22.7 Å². The summed E-state index contributed by atoms with van der Waals surface area (Å²) in [6, 6.07) is 16.4. The van der Waals surface area contributed by atoms with Crippen LogP contribution in [0.3, 0.4) is 0 Å². The predicted octanol–water partition coefficient (Wildman–Crippen LogP) is 6.58. The van der Waals surface area contributed by atoms with E-state index in [1.165, 1.54) is 6.07 Å². The lowest BCUT2D eigenvalue weighted by molar-refractivity contribution is 0.277. The van der Waals surface area contributed by atoms with E-state index in [9.17, 15) is 9.65 Å². The second-order valence-electron chi connectivity index (χ2n) is 7.62. The molecule has 1 aromatic heterocycles. The number of hydrogen-bond donors (Lipinski definition) is 1. The minimum absolute atomic E-state index is 0.0789. The first kappa shape index (κ1) is 22.8. The normalized spacial score (nSPS) is 11.5. The number of benzene rings is 3. The number of hydrogen-bond acceptors (Lipinski definition) is 4. The maximum atomic E-state index is 13.9. The maximum Gasteiger partial charge on any atom is 0.174 e. The molecule has 0 aliphatic rings. The van der Waals surface area contributed by atoms with E-state index >= 15 is 0 Å². The molecule has 0 saturated carbocycles. The molecule has 5 nitrogen and oxygen atoms in total. The lowest BCUT2D eigenvalue weighted by Crippen LogP contribution is -2.02. The number of aromatic nitrogens is 2. The van der Waals surface area contributed by atoms with Crippen molar-refractivity contribution in [2.45, 2.75) is 20.5 Å². The van der Waals surface area contributed by atoms with Crippen LogP contribution in [0.1, 0.15) is 28.1 Å². The van der Waals surface area contributed by atoms with E-state index in [0.717, 1.165) is 31.3 Å². The number of methoxy groups -OCH3 is 1. The fraction of sp³-hybridized carbons (Fsp3) is 0.154. The van der Waals surface area contributed by atoms with E-state index in [2.05, 4.69) is 38.6 Å². The molecule has 0 aliphatic carbocycles. The molecule has 33 heavy (non-hydrogen) atoms. The molecule has 0 unspecified atom stereocenters. The van der Waals surface area contributed by atoms with Gasteiger partial charge in [0.15, 0.2) is 11.5 Å². The topological polar surface area (TPSA) is 70.9 Å². The highest BCUT2D eigenvalue weighted by Gasteiger charge is 2.14. The van der Waals surface area contributed by atoms with Gasteiger partial charge in [0.25, 0.3) is 0 Å². The number of ether oxygens (including phenoxy) is 2. The van der Waals surface area contributed by atoms with Crippen LogP contribution < -0.4 is 9.47 Å². The Morgan fingerprint density at radius 1 is 1.18 bits per heavy atom. The van der Waals surface area contributed by atoms with E-state index in [1.807, 2.05) is 32.0 Å². The summed E-state index contributed by atoms with van der Waals surface area (Å²) in [5, 5.41) is 9.79. The molecule has 0 atom stereocenters. The first-order valence-electron chi connectivity index (χ1n) is 10.2. The summed E-state index contributed by atoms with van der Waals surface area (Å²) < 4.78 is 26.1. The second kappa shape index (κ2) is 9.63. The van der Waals surface area contributed by atoms with Crippen LogP contribution in [0.2, 0.25) is 0 Å². The quantitative estimate of drug-likeness (QED) is 0.217. The molecule has 0 bridgehead atoms. The molecule has 3 aromatic carbocycles. The van der Waals surface area contributed by atoms with E-state index in [4.69, 9.17) is 9.47 Å². The zero-order valence-electron chi connectivity index (χ0n) is 18.4. The Morgan fingerprint density at radius 2 is 1.94 bits per heavy atom. The number of H-pyrrole nitrogens is 1. The largest absolute Gasteiger partial charge is 0.493 e. The molecule has 4 rings (SSSR count). The summed E-state index contributed by atoms with van der Waals surface area (Å²) in [5.74, 6) is 1.21. The lowest BCUT2D eigenvalue weighted by Gasteiger charge is -2.14. The van der Waals surface area contributed by atoms with E-state index in [0.29, 0.717) is 28.5 Å². The number of halogens is 2. The Balaban J connectivity index is 1.66. The van der Waals surface area contributed by atoms with Gasteiger partial charge in [-0.15, -0.1) is 0 Å². The average Bonchev–Trinajstić information content (AvgIpc) is 3.20. The van der Waals surface area contributed by atoms with Gasteiger partial charge in [-0.25, -0.2) is 9.37 Å². The van der Waals surface area contributed by atoms with E-state index in [1.54, 1.807) is 37.5 Å². The third kappa shape index (κ3) is 4.86. The zero-order valence-corrected chi connectivity index (χ0v) is 20.5. The van der Waals surface area contributed by atoms with Gasteiger partial charge in [-0.05, 0) is 89.5 Å². The molecule has 4 aromatic rings. The fourth-order valence-corrected chi connectivity index (χ4v) is 4.23. The first-order valence-corrected chi connectivity index (χ1v) is 11.3. The monoisotopic (exact) mass is 553 g/mol. The van der Waals surface area contributed by atoms with Crippen molar-refractivity contribution < 1.29 is 13.9 Å². The molecule has 7 heteroatoms. The summed E-state index contributed by atoms with van der Waals surface area (Å²) in [6.07, 6.45) is 1.75. The van der Waals surface area contributed by atoms with Gasteiger partial charge in [0.2, 0.25) is 0 Å². The first-order chi connectivity index (χ1) is 15.9. The molecule has 0 saturated heterocycles. The van der Waals surface area contributed by atoms with Gasteiger partial charge in [-0.2, -0.15) is 5.26 Å². The molecule has 0 spiro atoms. The molecular formula is C26H21FIN3O2. The lowest BCUT2D eigenvalue weighted by atomic mass is 10.1. The van der Waals surface area contributed by atoms with Gasteiger partial charge >= 0.3 is 0 Å². The second-order valence-corrected chi connectivity index (χ2v) is 8.79. The van der Waals surface area contributed by atoms with E-state index in [-0.39, 0.29) is 12.4 Å². The SMILES string of the molecule is COc1cc(/C=C(\C#N)c2nc3cc(C)c(C)cc3[nH]2)cc(I)c1OCc1ccccc1F. The van der Waals surface area contributed by atoms with Crippen molar-refractivity contribution in [3.8, 4) is 17.6 Å². The van der Waals surface area contributed by atoms with Crippen LogP contribution in [0.15, 0.2) is 48.5 Å². The number of imidazole rings is 1. The molecule has 0 radical (unpaired) electrons. The van der Waals surface area contributed by atoms with Gasteiger partial charge in [0.05, 0.1) is 27.3 Å². The number of rotatable bonds is 6. The van der Waals surface area contributed by atoms with Gasteiger partial charge in [-0.3, -0.25) is 0 Å². The van der Waals surface area contributed by atoms with Crippen LogP contribution in [-0.2, 0) is 6.61 Å². The zero-order chi connectivity index (χ0) is 23.5. The van der Waals surface area contributed by atoms with Crippen LogP contribution in [0.5, 0.6) is 11.5 Å². The third-order valence-electron chi connectivity index (χ3n) is 5.37. The number of fused-ring (bicyclic) bond motifs is 1. The number of aromatic amines is 1. The van der Waals surface area contributed by atoms with Crippen molar-refractivity contribution in [2.75, 3.05) is 7.11 Å². The van der Waals surface area contributed by atoms with Gasteiger partial charge in [-0.1, -0.05) is 18.2 Å². The fourth-order valence-electron chi connectivity index (χ4n) is 3.45. The summed E-state index contributed by atoms with van der Waals surface area (Å²) in [4.78, 5) is 7.83. The Hall–Kier alpha value is -3.38. The predicted molar refractivity (Wildman–Crippen MR) is 135 cm³/mol. The summed E-state index contributed by atoms with van der Waals surface area (Å²) >= 11 is 2.14. The molecule has 166 valence electrons. The smallest absolute Gasteiger partial charge is 0.174 e. The minimum Gasteiger partial charge on any atom is -0.493 e. The van der Waals surface area contributed by atoms with Crippen LogP contribution in [0.4, 0.5) is 4.39 Å². The Labute approximate surface area is 205 Å². The number of nitrogens with zero attached hydrogens (tertiary/aromatic N) is 2. The number of nitriles is 1. The van der Waals surface area contributed by atoms with Crippen molar-refractivity contribution in [1.82, 2.24) is 9.97 Å². The van der Waals surface area contributed by atoms with Crippen LogP contribution in [-0.4, -0.2) is 17.1 Å². The highest BCUT2D eigenvalue weighted by molar-refractivity contribution is 14.1. The highest BCUT2D eigenvalue weighted by Crippen LogP contribution is 2.36. The standard InChI is InChI=1S/C26H21FIN3O2/c1-15-8-22-23(9-16(15)2)31-26(30-22)19(13-29)10-17-11-21(28)25(24(12-17)32-3)33-14-18-6-4-5-7-20(18)27/h4-12H,14H2,1-3H3,(H,30,31)/b19-10+. The van der Waals surface area contributed by atoms with Crippen molar-refractivity contribution in [1.29, 1.82) is 5.26 Å². The molecule has 1 heterocycles. The Kier molecular flexibility index (Phi) is 6.65. The number of nitrogens with one attached hydrogen (secondary N) is 1. The molecule has 0 amide bonds.